The first-order chi connectivity index (χ1) is 12.3. The number of anilines is 2. The van der Waals surface area contributed by atoms with Gasteiger partial charge in [-0.25, -0.2) is 9.97 Å². The van der Waals surface area contributed by atoms with Crippen LogP contribution in [0.25, 0.3) is 0 Å². The Kier molecular flexibility index (Phi) is 6.19. The van der Waals surface area contributed by atoms with Gasteiger partial charge >= 0.3 is 0 Å². The van der Waals surface area contributed by atoms with Gasteiger partial charge in [-0.2, -0.15) is 0 Å². The molecule has 6 heteroatoms. The zero-order valence-corrected chi connectivity index (χ0v) is 15.0. The van der Waals surface area contributed by atoms with E-state index in [0.717, 1.165) is 44.4 Å². The summed E-state index contributed by atoms with van der Waals surface area (Å²) in [7, 11) is 3.81. The molecule has 1 fully saturated rings. The molecule has 25 heavy (non-hydrogen) atoms. The quantitative estimate of drug-likeness (QED) is 0.767. The van der Waals surface area contributed by atoms with Crippen LogP contribution in [0.15, 0.2) is 42.7 Å². The summed E-state index contributed by atoms with van der Waals surface area (Å²) in [5.74, 6) is 1.87. The van der Waals surface area contributed by atoms with Crippen LogP contribution < -0.4 is 9.80 Å². The lowest BCUT2D eigenvalue weighted by Gasteiger charge is -2.31. The fourth-order valence-corrected chi connectivity index (χ4v) is 3.07. The van der Waals surface area contributed by atoms with E-state index in [2.05, 4.69) is 57.1 Å². The lowest BCUT2D eigenvalue weighted by molar-refractivity contribution is 0.122. The Morgan fingerprint density at radius 1 is 1.20 bits per heavy atom. The van der Waals surface area contributed by atoms with Gasteiger partial charge in [0.2, 0.25) is 0 Å². The highest BCUT2D eigenvalue weighted by Gasteiger charge is 2.19. The van der Waals surface area contributed by atoms with Crippen LogP contribution in [0.4, 0.5) is 11.6 Å². The third kappa shape index (κ3) is 4.67. The first-order valence-corrected chi connectivity index (χ1v) is 8.68. The normalized spacial score (nSPS) is 15.8. The molecule has 0 saturated carbocycles. The molecule has 0 bridgehead atoms. The Labute approximate surface area is 149 Å². The van der Waals surface area contributed by atoms with E-state index in [-0.39, 0.29) is 6.04 Å². The highest BCUT2D eigenvalue weighted by atomic mass is 16.5. The highest BCUT2D eigenvalue weighted by molar-refractivity contribution is 5.50. The number of hydrogen-bond acceptors (Lipinski definition) is 6. The molecular formula is C19H26N4O2. The van der Waals surface area contributed by atoms with Crippen LogP contribution in [0, 0.1) is 0 Å². The van der Waals surface area contributed by atoms with Crippen molar-refractivity contribution in [2.45, 2.75) is 12.5 Å². The van der Waals surface area contributed by atoms with Crippen LogP contribution in [0.3, 0.4) is 0 Å². The largest absolute Gasteiger partial charge is 0.383 e. The van der Waals surface area contributed by atoms with Crippen LogP contribution in [0.5, 0.6) is 0 Å². The molecule has 1 atom stereocenters. The van der Waals surface area contributed by atoms with Crippen molar-refractivity contribution in [3.63, 3.8) is 0 Å². The Morgan fingerprint density at radius 3 is 2.68 bits per heavy atom. The van der Waals surface area contributed by atoms with Crippen molar-refractivity contribution in [3.05, 3.63) is 48.3 Å². The van der Waals surface area contributed by atoms with Crippen molar-refractivity contribution in [3.8, 4) is 0 Å². The molecular weight excluding hydrogens is 316 g/mol. The number of benzene rings is 1. The second kappa shape index (κ2) is 8.78. The van der Waals surface area contributed by atoms with E-state index in [1.807, 2.05) is 6.07 Å². The summed E-state index contributed by atoms with van der Waals surface area (Å²) in [6.45, 7) is 3.87. The molecule has 2 aromatic rings. The molecule has 0 spiro atoms. The van der Waals surface area contributed by atoms with Gasteiger partial charge in [-0.3, -0.25) is 0 Å². The van der Waals surface area contributed by atoms with Gasteiger partial charge in [0, 0.05) is 33.3 Å². The fourth-order valence-electron chi connectivity index (χ4n) is 3.07. The lowest BCUT2D eigenvalue weighted by atomic mass is 10.1. The van der Waals surface area contributed by atoms with Crippen molar-refractivity contribution < 1.29 is 9.47 Å². The maximum Gasteiger partial charge on any atom is 0.134 e. The molecule has 6 nitrogen and oxygen atoms in total. The first-order valence-electron chi connectivity index (χ1n) is 8.68. The number of nitrogens with zero attached hydrogens (tertiary/aromatic N) is 4. The van der Waals surface area contributed by atoms with E-state index in [9.17, 15) is 0 Å². The summed E-state index contributed by atoms with van der Waals surface area (Å²) in [6, 6.07) is 12.7. The van der Waals surface area contributed by atoms with Gasteiger partial charge in [0.25, 0.3) is 0 Å². The van der Waals surface area contributed by atoms with E-state index in [0.29, 0.717) is 6.61 Å². The van der Waals surface area contributed by atoms with E-state index in [1.165, 1.54) is 5.56 Å². The summed E-state index contributed by atoms with van der Waals surface area (Å²) in [5.41, 5.74) is 1.29. The van der Waals surface area contributed by atoms with Crippen LogP contribution in [-0.2, 0) is 15.9 Å². The third-order valence-corrected chi connectivity index (χ3v) is 4.56. The topological polar surface area (TPSA) is 50.7 Å². The molecule has 0 radical (unpaired) electrons. The molecule has 1 aliphatic rings. The Balaban J connectivity index is 1.75. The number of rotatable bonds is 7. The lowest BCUT2D eigenvalue weighted by Crippen LogP contribution is -2.39. The van der Waals surface area contributed by atoms with E-state index in [4.69, 9.17) is 9.47 Å². The van der Waals surface area contributed by atoms with E-state index < -0.39 is 0 Å². The SMILES string of the molecule is COCC(Cc1ccccc1)N(C)c1cc(N2CCOCC2)ncn1. The monoisotopic (exact) mass is 342 g/mol. The van der Waals surface area contributed by atoms with Gasteiger partial charge in [-0.1, -0.05) is 30.3 Å². The minimum absolute atomic E-state index is 0.208. The number of ether oxygens (including phenoxy) is 2. The fraction of sp³-hybridized carbons (Fsp3) is 0.474. The number of hydrogen-bond donors (Lipinski definition) is 0. The first kappa shape index (κ1) is 17.6. The molecule has 1 saturated heterocycles. The Morgan fingerprint density at radius 2 is 1.96 bits per heavy atom. The van der Waals surface area contributed by atoms with Gasteiger partial charge in [-0.15, -0.1) is 0 Å². The number of morpholine rings is 1. The maximum atomic E-state index is 5.45. The molecule has 0 amide bonds. The van der Waals surface area contributed by atoms with Crippen molar-refractivity contribution in [1.82, 2.24) is 9.97 Å². The van der Waals surface area contributed by atoms with Crippen LogP contribution in [-0.4, -0.2) is 63.1 Å². The number of aromatic nitrogens is 2. The maximum absolute atomic E-state index is 5.45. The van der Waals surface area contributed by atoms with Gasteiger partial charge in [0.15, 0.2) is 0 Å². The van der Waals surface area contributed by atoms with Crippen LogP contribution in [0.2, 0.25) is 0 Å². The van der Waals surface area contributed by atoms with Crippen LogP contribution >= 0.6 is 0 Å². The van der Waals surface area contributed by atoms with E-state index in [1.54, 1.807) is 13.4 Å². The average molecular weight is 342 g/mol. The molecule has 1 unspecified atom stereocenters. The summed E-state index contributed by atoms with van der Waals surface area (Å²) in [6.07, 6.45) is 2.55. The second-order valence-corrected chi connectivity index (χ2v) is 6.24. The molecule has 0 aliphatic carbocycles. The number of methoxy groups -OCH3 is 1. The van der Waals surface area contributed by atoms with Crippen molar-refractivity contribution >= 4 is 11.6 Å². The highest BCUT2D eigenvalue weighted by Crippen LogP contribution is 2.20. The van der Waals surface area contributed by atoms with Gasteiger partial charge < -0.3 is 19.3 Å². The Bertz CT molecular complexity index is 647. The van der Waals surface area contributed by atoms with Crippen molar-refractivity contribution in [1.29, 1.82) is 0 Å². The Hall–Kier alpha value is -2.18. The minimum atomic E-state index is 0.208. The standard InChI is InChI=1S/C19H26N4O2/c1-22(17(14-24-2)12-16-6-4-3-5-7-16)18-13-19(21-15-20-18)23-8-10-25-11-9-23/h3-7,13,15,17H,8-12,14H2,1-2H3. The summed E-state index contributed by atoms with van der Waals surface area (Å²) in [4.78, 5) is 13.3. The molecule has 1 aliphatic heterocycles. The van der Waals surface area contributed by atoms with Gasteiger partial charge in [0.1, 0.15) is 18.0 Å². The molecule has 2 heterocycles. The summed E-state index contributed by atoms with van der Waals surface area (Å²) >= 11 is 0. The zero-order valence-electron chi connectivity index (χ0n) is 15.0. The summed E-state index contributed by atoms with van der Waals surface area (Å²) in [5, 5.41) is 0. The predicted octanol–water partition coefficient (Wildman–Crippen LogP) is 2.01. The number of likely N-dealkylation sites (N-methyl/N-ethyl adjacent to an activating group) is 1. The summed E-state index contributed by atoms with van der Waals surface area (Å²) < 4.78 is 10.9. The smallest absolute Gasteiger partial charge is 0.134 e. The zero-order chi connectivity index (χ0) is 17.5. The minimum Gasteiger partial charge on any atom is -0.383 e. The predicted molar refractivity (Wildman–Crippen MR) is 99.3 cm³/mol. The average Bonchev–Trinajstić information content (AvgIpc) is 2.69. The van der Waals surface area contributed by atoms with Gasteiger partial charge in [0.05, 0.1) is 25.9 Å². The van der Waals surface area contributed by atoms with Crippen LogP contribution in [0.1, 0.15) is 5.56 Å². The molecule has 1 aromatic heterocycles. The van der Waals surface area contributed by atoms with E-state index >= 15 is 0 Å². The van der Waals surface area contributed by atoms with Gasteiger partial charge in [-0.05, 0) is 12.0 Å². The second-order valence-electron chi connectivity index (χ2n) is 6.24. The van der Waals surface area contributed by atoms with Crippen molar-refractivity contribution in [2.24, 2.45) is 0 Å². The third-order valence-electron chi connectivity index (χ3n) is 4.56. The molecule has 3 rings (SSSR count). The van der Waals surface area contributed by atoms with Crippen molar-refractivity contribution in [2.75, 3.05) is 56.9 Å². The molecule has 134 valence electrons. The molecule has 1 aromatic carbocycles. The molecule has 0 N–H and O–H groups in total.